The van der Waals surface area contributed by atoms with E-state index in [2.05, 4.69) is 17.2 Å². The summed E-state index contributed by atoms with van der Waals surface area (Å²) in [6.45, 7) is 26.5. The van der Waals surface area contributed by atoms with Gasteiger partial charge >= 0.3 is 26.3 Å². The molecule has 0 aromatic heterocycles. The Kier molecular flexibility index (Phi) is 16.9. The van der Waals surface area contributed by atoms with Gasteiger partial charge in [0.1, 0.15) is 24.3 Å². The SMILES string of the molecule is C=CCOC(=O)c1cc(NC(=O)[C@@H]2CCCN2C(=O)c2cc(NC(=O)[C@@H]3CCCN3C(=O)OC(C)(C)C)cc(N(C)Cc3ccccc3B3OC(C)(C)C(C)(C)O3)c2)cc(N(C)Cc2ccccc2B2OC(C)(C)C(C)(C)O2)c1. The van der Waals surface area contributed by atoms with Gasteiger partial charge in [0.15, 0.2) is 0 Å². The molecule has 4 aromatic carbocycles. The fourth-order valence-electron chi connectivity index (χ4n) is 10.2. The molecule has 4 aliphatic rings. The lowest BCUT2D eigenvalue weighted by Crippen LogP contribution is -2.45. The number of esters is 1. The van der Waals surface area contributed by atoms with Gasteiger partial charge in [-0.1, -0.05) is 61.2 Å². The summed E-state index contributed by atoms with van der Waals surface area (Å²) in [7, 11) is 2.57. The minimum atomic E-state index is -0.885. The van der Waals surface area contributed by atoms with Gasteiger partial charge in [-0.25, -0.2) is 9.59 Å². The summed E-state index contributed by atoms with van der Waals surface area (Å²) in [5.74, 6) is -1.87. The van der Waals surface area contributed by atoms with E-state index in [0.29, 0.717) is 68.1 Å². The third kappa shape index (κ3) is 13.0. The Balaban J connectivity index is 1.07. The number of nitrogens with zero attached hydrogens (tertiary/aromatic N) is 4. The third-order valence-corrected chi connectivity index (χ3v) is 16.0. The molecule has 0 saturated carbocycles. The van der Waals surface area contributed by atoms with Crippen molar-refractivity contribution in [1.29, 1.82) is 0 Å². The average molecular weight is 1080 g/mol. The van der Waals surface area contributed by atoms with Crippen molar-refractivity contribution in [3.8, 4) is 0 Å². The first-order valence-corrected chi connectivity index (χ1v) is 27.4. The quantitative estimate of drug-likeness (QED) is 0.0621. The number of carbonyl (C=O) groups is 5. The Hall–Kier alpha value is -6.66. The van der Waals surface area contributed by atoms with Crippen LogP contribution in [0.5, 0.6) is 0 Å². The van der Waals surface area contributed by atoms with Crippen molar-refractivity contribution in [2.45, 2.75) is 155 Å². The molecule has 19 heteroatoms. The largest absolute Gasteiger partial charge is 0.495 e. The van der Waals surface area contributed by atoms with Crippen LogP contribution in [0.15, 0.2) is 97.6 Å². The molecule has 0 radical (unpaired) electrons. The Bertz CT molecular complexity index is 2940. The zero-order valence-electron chi connectivity index (χ0n) is 48.3. The van der Waals surface area contributed by atoms with Crippen molar-refractivity contribution in [3.05, 3.63) is 120 Å². The van der Waals surface area contributed by atoms with Crippen LogP contribution in [0.2, 0.25) is 0 Å². The molecule has 17 nitrogen and oxygen atoms in total. The number of anilines is 4. The van der Waals surface area contributed by atoms with Gasteiger partial charge in [0, 0.05) is 68.6 Å². The van der Waals surface area contributed by atoms with E-state index in [1.807, 2.05) is 128 Å². The molecule has 0 unspecified atom stereocenters. The highest BCUT2D eigenvalue weighted by Gasteiger charge is 2.53. The second-order valence-electron chi connectivity index (χ2n) is 24.2. The highest BCUT2D eigenvalue weighted by atomic mass is 16.7. The second-order valence-corrected chi connectivity index (χ2v) is 24.2. The Morgan fingerprint density at radius 3 is 1.52 bits per heavy atom. The fourth-order valence-corrected chi connectivity index (χ4v) is 10.2. The molecule has 0 spiro atoms. The maximum atomic E-state index is 15.0. The third-order valence-electron chi connectivity index (χ3n) is 16.0. The number of ether oxygens (including phenoxy) is 2. The fraction of sp³-hybridized carbons (Fsp3) is 0.483. The van der Waals surface area contributed by atoms with E-state index in [1.54, 1.807) is 62.1 Å². The van der Waals surface area contributed by atoms with Crippen molar-refractivity contribution in [1.82, 2.24) is 9.80 Å². The monoisotopic (exact) mass is 1080 g/mol. The number of amides is 4. The summed E-state index contributed by atoms with van der Waals surface area (Å²) in [5.41, 5.74) is 3.00. The predicted molar refractivity (Wildman–Crippen MR) is 309 cm³/mol. The summed E-state index contributed by atoms with van der Waals surface area (Å²) >= 11 is 0. The number of likely N-dealkylation sites (tertiary alicyclic amines) is 2. The highest BCUT2D eigenvalue weighted by Crippen LogP contribution is 2.39. The van der Waals surface area contributed by atoms with E-state index in [9.17, 15) is 19.2 Å². The normalized spacial score (nSPS) is 20.0. The first kappa shape index (κ1) is 58.5. The van der Waals surface area contributed by atoms with E-state index in [0.717, 1.165) is 22.1 Å². The topological polar surface area (TPSA) is 178 Å². The van der Waals surface area contributed by atoms with Gasteiger partial charge in [-0.15, -0.1) is 0 Å². The molecule has 0 aliphatic carbocycles. The lowest BCUT2D eigenvalue weighted by molar-refractivity contribution is -0.120. The van der Waals surface area contributed by atoms with Crippen LogP contribution in [-0.4, -0.2) is 128 Å². The minimum absolute atomic E-state index is 0.0106. The number of rotatable bonds is 16. The smallest absolute Gasteiger partial charge is 0.458 e. The zero-order chi connectivity index (χ0) is 57.4. The number of benzene rings is 4. The van der Waals surface area contributed by atoms with Crippen LogP contribution in [0, 0.1) is 0 Å². The molecule has 2 atom stereocenters. The zero-order valence-corrected chi connectivity index (χ0v) is 48.3. The highest BCUT2D eigenvalue weighted by molar-refractivity contribution is 6.63. The van der Waals surface area contributed by atoms with Crippen LogP contribution in [0.25, 0.3) is 0 Å². The van der Waals surface area contributed by atoms with Gasteiger partial charge in [-0.2, -0.15) is 0 Å². The summed E-state index contributed by atoms with van der Waals surface area (Å²) < 4.78 is 37.0. The van der Waals surface area contributed by atoms with E-state index >= 15 is 4.79 Å². The maximum absolute atomic E-state index is 15.0. The van der Waals surface area contributed by atoms with Gasteiger partial charge in [-0.3, -0.25) is 19.3 Å². The molecule has 2 N–H and O–H groups in total. The van der Waals surface area contributed by atoms with Crippen LogP contribution in [0.4, 0.5) is 27.5 Å². The van der Waals surface area contributed by atoms with Gasteiger partial charge in [0.25, 0.3) is 5.91 Å². The lowest BCUT2D eigenvalue weighted by atomic mass is 9.76. The molecule has 4 aliphatic heterocycles. The lowest BCUT2D eigenvalue weighted by Gasteiger charge is -2.32. The Labute approximate surface area is 466 Å². The molecule has 4 aromatic rings. The summed E-state index contributed by atoms with van der Waals surface area (Å²) in [4.78, 5) is 77.6. The maximum Gasteiger partial charge on any atom is 0.495 e. The van der Waals surface area contributed by atoms with Crippen molar-refractivity contribution < 1.29 is 52.1 Å². The van der Waals surface area contributed by atoms with Gasteiger partial charge < -0.3 is 53.4 Å². The van der Waals surface area contributed by atoms with Crippen molar-refractivity contribution in [2.75, 3.05) is 54.2 Å². The second kappa shape index (κ2) is 22.8. The number of hydrogen-bond acceptors (Lipinski definition) is 13. The van der Waals surface area contributed by atoms with Crippen molar-refractivity contribution in [3.63, 3.8) is 0 Å². The molecule has 4 amide bonds. The van der Waals surface area contributed by atoms with Gasteiger partial charge in [0.05, 0.1) is 28.0 Å². The first-order chi connectivity index (χ1) is 37.1. The van der Waals surface area contributed by atoms with Gasteiger partial charge in [-0.05, 0) is 160 Å². The molecule has 4 saturated heterocycles. The summed E-state index contributed by atoms with van der Waals surface area (Å²) in [6.07, 6.45) is 2.89. The predicted octanol–water partition coefficient (Wildman–Crippen LogP) is 8.48. The van der Waals surface area contributed by atoms with E-state index in [4.69, 9.17) is 28.1 Å². The van der Waals surface area contributed by atoms with Crippen LogP contribution < -0.4 is 31.4 Å². The number of carbonyl (C=O) groups excluding carboxylic acids is 5. The Morgan fingerprint density at radius 1 is 0.646 bits per heavy atom. The van der Waals surface area contributed by atoms with Gasteiger partial charge in [0.2, 0.25) is 11.8 Å². The van der Waals surface area contributed by atoms with E-state index in [1.165, 1.54) is 11.0 Å². The molecule has 8 rings (SSSR count). The molecule has 4 fully saturated rings. The molecular weight excluding hydrogens is 1000 g/mol. The molecular formula is C60H78B2N6O11. The van der Waals surface area contributed by atoms with Crippen molar-refractivity contribution >= 4 is 77.7 Å². The minimum Gasteiger partial charge on any atom is -0.458 e. The van der Waals surface area contributed by atoms with Crippen LogP contribution >= 0.6 is 0 Å². The summed E-state index contributed by atoms with van der Waals surface area (Å²) in [5, 5.41) is 6.07. The standard InChI is InChI=1S/C60H78B2N6O11/c1-15-30-74-54(72)42-32-44(36-46(34-42)66(14)38-40-23-17-19-25-48(40)62-78-59(9,10)60(11,12)79-62)64-51(69)49-26-20-28-67(49)53(71)41-31-43(63-52(70)50-27-21-29-68(50)55(73)75-56(2,3)4)35-45(33-41)65(13)37-39-22-16-18-24-47(39)61-76-57(5,6)58(7,8)77-61/h15-19,22-25,31-36,49-50H,1,20-21,26-30,37-38H2,2-14H3,(H,63,70)(H,64,69)/t49-,50-/m0/s1. The van der Waals surface area contributed by atoms with Crippen LogP contribution in [0.3, 0.4) is 0 Å². The molecule has 420 valence electrons. The molecule has 0 bridgehead atoms. The van der Waals surface area contributed by atoms with Crippen molar-refractivity contribution in [2.24, 2.45) is 0 Å². The summed E-state index contributed by atoms with van der Waals surface area (Å²) in [6, 6.07) is 24.3. The van der Waals surface area contributed by atoms with Crippen LogP contribution in [-0.2, 0) is 50.8 Å². The van der Waals surface area contributed by atoms with E-state index < -0.39 is 84.1 Å². The average Bonchev–Trinajstić information content (AvgIpc) is 4.21. The van der Waals surface area contributed by atoms with Crippen LogP contribution in [0.1, 0.15) is 134 Å². The molecule has 79 heavy (non-hydrogen) atoms. The number of nitrogens with one attached hydrogen (secondary N) is 2. The first-order valence-electron chi connectivity index (χ1n) is 27.4. The number of hydrogen-bond donors (Lipinski definition) is 2. The van der Waals surface area contributed by atoms with E-state index in [-0.39, 0.29) is 24.3 Å². The molecule has 4 heterocycles. The Morgan fingerprint density at radius 2 is 1.06 bits per heavy atom.